The fourth-order valence-corrected chi connectivity index (χ4v) is 4.78. The lowest BCUT2D eigenvalue weighted by Gasteiger charge is -2.40. The van der Waals surface area contributed by atoms with Crippen LogP contribution in [0.5, 0.6) is 0 Å². The van der Waals surface area contributed by atoms with Gasteiger partial charge in [0.1, 0.15) is 0 Å². The van der Waals surface area contributed by atoms with Gasteiger partial charge in [-0.15, -0.1) is 0 Å². The highest BCUT2D eigenvalue weighted by Crippen LogP contribution is 2.34. The van der Waals surface area contributed by atoms with E-state index in [1.807, 2.05) is 18.2 Å². The largest absolute Gasteiger partial charge is 0.420 e. The SMILES string of the molecule is CC(=O)N[C@@H]1C[C@H](Cn2c(=O)oc3ccccc32)O[C@H](C2CCCCC2)C1. The number of nitrogens with zero attached hydrogens (tertiary/aromatic N) is 1. The summed E-state index contributed by atoms with van der Waals surface area (Å²) in [5.74, 6) is 0.195. The van der Waals surface area contributed by atoms with Gasteiger partial charge in [-0.25, -0.2) is 4.79 Å². The van der Waals surface area contributed by atoms with Crippen LogP contribution >= 0.6 is 0 Å². The van der Waals surface area contributed by atoms with Crippen molar-refractivity contribution in [3.63, 3.8) is 0 Å². The first-order valence-corrected chi connectivity index (χ1v) is 10.1. The number of ether oxygens (including phenoxy) is 1. The maximum absolute atomic E-state index is 12.3. The van der Waals surface area contributed by atoms with Crippen LogP contribution in [0.4, 0.5) is 0 Å². The topological polar surface area (TPSA) is 73.5 Å². The van der Waals surface area contributed by atoms with Crippen molar-refractivity contribution in [2.24, 2.45) is 5.92 Å². The Hall–Kier alpha value is -2.08. The van der Waals surface area contributed by atoms with Crippen LogP contribution in [0.25, 0.3) is 11.1 Å². The summed E-state index contributed by atoms with van der Waals surface area (Å²) in [5.41, 5.74) is 1.39. The molecule has 6 heteroatoms. The van der Waals surface area contributed by atoms with Crippen molar-refractivity contribution in [2.75, 3.05) is 0 Å². The zero-order chi connectivity index (χ0) is 18.8. The summed E-state index contributed by atoms with van der Waals surface area (Å²) in [4.78, 5) is 24.0. The molecule has 2 fully saturated rings. The molecule has 1 saturated carbocycles. The zero-order valence-electron chi connectivity index (χ0n) is 15.9. The van der Waals surface area contributed by atoms with Crippen LogP contribution in [0.15, 0.2) is 33.5 Å². The van der Waals surface area contributed by atoms with Gasteiger partial charge in [-0.2, -0.15) is 0 Å². The highest BCUT2D eigenvalue weighted by molar-refractivity contribution is 5.73. The number of carbonyl (C=O) groups excluding carboxylic acids is 1. The van der Waals surface area contributed by atoms with Crippen molar-refractivity contribution in [3.8, 4) is 0 Å². The van der Waals surface area contributed by atoms with Crippen LogP contribution in [0.3, 0.4) is 0 Å². The maximum Gasteiger partial charge on any atom is 0.420 e. The molecule has 0 unspecified atom stereocenters. The summed E-state index contributed by atoms with van der Waals surface area (Å²) in [6.07, 6.45) is 7.82. The van der Waals surface area contributed by atoms with Gasteiger partial charge in [0.25, 0.3) is 0 Å². The highest BCUT2D eigenvalue weighted by Gasteiger charge is 2.35. The standard InChI is InChI=1S/C21H28N2O4/c1-14(24)22-16-11-17(26-20(12-16)15-7-3-2-4-8-15)13-23-18-9-5-6-10-19(18)27-21(23)25/h5-6,9-10,15-17,20H,2-4,7-8,11-13H2,1H3,(H,22,24)/t16-,17-,20+/m1/s1. The summed E-state index contributed by atoms with van der Waals surface area (Å²) in [5, 5.41) is 3.08. The van der Waals surface area contributed by atoms with Gasteiger partial charge in [-0.05, 0) is 43.7 Å². The van der Waals surface area contributed by atoms with Gasteiger partial charge in [0, 0.05) is 13.0 Å². The van der Waals surface area contributed by atoms with Crippen LogP contribution in [-0.2, 0) is 16.1 Å². The van der Waals surface area contributed by atoms with Crippen LogP contribution < -0.4 is 11.1 Å². The fourth-order valence-electron chi connectivity index (χ4n) is 4.78. The van der Waals surface area contributed by atoms with Gasteiger partial charge < -0.3 is 14.5 Å². The number of carbonyl (C=O) groups is 1. The summed E-state index contributed by atoms with van der Waals surface area (Å²) >= 11 is 0. The third-order valence-electron chi connectivity index (χ3n) is 5.97. The molecule has 0 radical (unpaired) electrons. The molecule has 27 heavy (non-hydrogen) atoms. The number of benzene rings is 1. The number of nitrogens with one attached hydrogen (secondary N) is 1. The molecule has 1 aromatic carbocycles. The molecular formula is C21H28N2O4. The van der Waals surface area contributed by atoms with E-state index in [1.165, 1.54) is 32.1 Å². The Bertz CT molecular complexity index is 849. The summed E-state index contributed by atoms with van der Waals surface area (Å²) < 4.78 is 13.5. The second-order valence-corrected chi connectivity index (χ2v) is 8.01. The molecule has 2 aliphatic rings. The van der Waals surface area contributed by atoms with E-state index in [0.717, 1.165) is 18.4 Å². The number of oxazole rings is 1. The Kier molecular flexibility index (Phi) is 5.34. The second kappa shape index (κ2) is 7.89. The van der Waals surface area contributed by atoms with Crippen molar-refractivity contribution < 1.29 is 13.9 Å². The smallest absolute Gasteiger partial charge is 0.408 e. The minimum absolute atomic E-state index is 0.00558. The minimum atomic E-state index is -0.351. The molecule has 2 heterocycles. The van der Waals surface area contributed by atoms with Crippen LogP contribution in [-0.4, -0.2) is 28.7 Å². The van der Waals surface area contributed by atoms with E-state index < -0.39 is 0 Å². The number of hydrogen-bond acceptors (Lipinski definition) is 4. The van der Waals surface area contributed by atoms with Crippen molar-refractivity contribution in [2.45, 2.75) is 76.7 Å². The predicted molar refractivity (Wildman–Crippen MR) is 103 cm³/mol. The third-order valence-corrected chi connectivity index (χ3v) is 5.97. The Morgan fingerprint density at radius 3 is 2.74 bits per heavy atom. The van der Waals surface area contributed by atoms with Gasteiger partial charge in [0.2, 0.25) is 5.91 Å². The van der Waals surface area contributed by atoms with Crippen molar-refractivity contribution in [1.82, 2.24) is 9.88 Å². The van der Waals surface area contributed by atoms with Gasteiger partial charge in [-0.1, -0.05) is 31.4 Å². The van der Waals surface area contributed by atoms with Gasteiger partial charge >= 0.3 is 5.76 Å². The number of rotatable bonds is 4. The molecule has 6 nitrogen and oxygen atoms in total. The van der Waals surface area contributed by atoms with Crippen LogP contribution in [0.2, 0.25) is 0 Å². The number of amides is 1. The van der Waals surface area contributed by atoms with E-state index in [-0.39, 0.29) is 29.9 Å². The first-order valence-electron chi connectivity index (χ1n) is 10.1. The lowest BCUT2D eigenvalue weighted by atomic mass is 9.81. The van der Waals surface area contributed by atoms with E-state index in [9.17, 15) is 9.59 Å². The number of fused-ring (bicyclic) bond motifs is 1. The number of para-hydroxylation sites is 2. The third kappa shape index (κ3) is 4.10. The lowest BCUT2D eigenvalue weighted by Crippen LogP contribution is -2.48. The van der Waals surface area contributed by atoms with Gasteiger partial charge in [0.15, 0.2) is 5.58 Å². The Morgan fingerprint density at radius 1 is 1.19 bits per heavy atom. The molecule has 3 atom stereocenters. The lowest BCUT2D eigenvalue weighted by molar-refractivity contribution is -0.124. The normalized spacial score (nSPS) is 26.9. The highest BCUT2D eigenvalue weighted by atomic mass is 16.5. The molecule has 1 aliphatic heterocycles. The molecule has 0 bridgehead atoms. The van der Waals surface area contributed by atoms with E-state index in [2.05, 4.69) is 5.32 Å². The molecule has 1 N–H and O–H groups in total. The molecule has 0 spiro atoms. The van der Waals surface area contributed by atoms with Crippen molar-refractivity contribution >= 4 is 17.0 Å². The molecule has 1 aliphatic carbocycles. The van der Waals surface area contributed by atoms with E-state index in [1.54, 1.807) is 17.6 Å². The molecule has 1 aromatic heterocycles. The number of aromatic nitrogens is 1. The number of hydrogen-bond donors (Lipinski definition) is 1. The first-order chi connectivity index (χ1) is 13.1. The Balaban J connectivity index is 1.55. The molecule has 4 rings (SSSR count). The van der Waals surface area contributed by atoms with E-state index in [4.69, 9.17) is 9.15 Å². The molecule has 146 valence electrons. The fraction of sp³-hybridized carbons (Fsp3) is 0.619. The Labute approximate surface area is 158 Å². The predicted octanol–water partition coefficient (Wildman–Crippen LogP) is 3.23. The van der Waals surface area contributed by atoms with E-state index >= 15 is 0 Å². The van der Waals surface area contributed by atoms with Crippen molar-refractivity contribution in [3.05, 3.63) is 34.8 Å². The second-order valence-electron chi connectivity index (χ2n) is 8.01. The van der Waals surface area contributed by atoms with Crippen LogP contribution in [0.1, 0.15) is 51.9 Å². The Morgan fingerprint density at radius 2 is 1.96 bits per heavy atom. The summed E-state index contributed by atoms with van der Waals surface area (Å²) in [6, 6.07) is 7.56. The first kappa shape index (κ1) is 18.3. The monoisotopic (exact) mass is 372 g/mol. The van der Waals surface area contributed by atoms with E-state index in [0.29, 0.717) is 18.0 Å². The molecule has 1 saturated heterocycles. The van der Waals surface area contributed by atoms with Gasteiger partial charge in [-0.3, -0.25) is 9.36 Å². The van der Waals surface area contributed by atoms with Crippen molar-refractivity contribution in [1.29, 1.82) is 0 Å². The quantitative estimate of drug-likeness (QED) is 0.894. The average molecular weight is 372 g/mol. The summed E-state index contributed by atoms with van der Waals surface area (Å²) in [7, 11) is 0. The summed E-state index contributed by atoms with van der Waals surface area (Å²) in [6.45, 7) is 2.02. The molecule has 1 amide bonds. The molecular weight excluding hydrogens is 344 g/mol. The molecule has 2 aromatic rings. The average Bonchev–Trinajstić information content (AvgIpc) is 2.97. The zero-order valence-corrected chi connectivity index (χ0v) is 15.9. The maximum atomic E-state index is 12.3. The van der Waals surface area contributed by atoms with Gasteiger partial charge in [0.05, 0.1) is 24.3 Å². The van der Waals surface area contributed by atoms with Crippen LogP contribution in [0, 0.1) is 5.92 Å². The minimum Gasteiger partial charge on any atom is -0.408 e.